The summed E-state index contributed by atoms with van der Waals surface area (Å²) in [5, 5.41) is 9.30. The molecule has 1 aliphatic heterocycles. The molecule has 0 aromatic heterocycles. The Hall–Kier alpha value is -1.22. The second-order valence-corrected chi connectivity index (χ2v) is 11.5. The molecule has 0 spiro atoms. The van der Waals surface area contributed by atoms with Crippen LogP contribution in [0.15, 0.2) is 0 Å². The molecule has 0 saturated heterocycles. The van der Waals surface area contributed by atoms with Gasteiger partial charge in [-0.2, -0.15) is 0 Å². The minimum atomic E-state index is -0.0944. The van der Waals surface area contributed by atoms with Gasteiger partial charge in [0.1, 0.15) is 11.4 Å². The Morgan fingerprint density at radius 3 is 1.97 bits per heavy atom. The van der Waals surface area contributed by atoms with E-state index >= 15 is 0 Å². The SMILES string of the molecule is Cc1c(C)c2c(c(C)c1OO)CCC(C)(CCCC(C)CCCC(C)CCCC(C)C)O2. The van der Waals surface area contributed by atoms with E-state index in [1.807, 2.05) is 13.8 Å². The van der Waals surface area contributed by atoms with Crippen molar-refractivity contribution in [2.24, 2.45) is 17.8 Å². The molecule has 0 fully saturated rings. The molecule has 1 aromatic carbocycles. The summed E-state index contributed by atoms with van der Waals surface area (Å²) in [6.07, 6.45) is 13.9. The summed E-state index contributed by atoms with van der Waals surface area (Å²) in [7, 11) is 0. The minimum absolute atomic E-state index is 0.0944. The van der Waals surface area contributed by atoms with E-state index in [4.69, 9.17) is 4.74 Å². The fourth-order valence-corrected chi connectivity index (χ4v) is 5.40. The molecule has 3 atom stereocenters. The van der Waals surface area contributed by atoms with Gasteiger partial charge in [-0.3, -0.25) is 0 Å². The fraction of sp³-hybridized carbons (Fsp3) is 0.793. The minimum Gasteiger partial charge on any atom is -0.487 e. The van der Waals surface area contributed by atoms with Crippen molar-refractivity contribution in [2.75, 3.05) is 0 Å². The average Bonchev–Trinajstić information content (AvgIpc) is 2.72. The molecule has 32 heavy (non-hydrogen) atoms. The van der Waals surface area contributed by atoms with Crippen molar-refractivity contribution >= 4 is 0 Å². The summed E-state index contributed by atoms with van der Waals surface area (Å²) in [5.74, 6) is 4.13. The third-order valence-electron chi connectivity index (χ3n) is 7.93. The normalized spacial score (nSPS) is 20.1. The van der Waals surface area contributed by atoms with Crippen molar-refractivity contribution < 1.29 is 14.9 Å². The molecule has 3 heteroatoms. The summed E-state index contributed by atoms with van der Waals surface area (Å²) < 4.78 is 6.62. The molecule has 0 amide bonds. The van der Waals surface area contributed by atoms with Gasteiger partial charge in [0.15, 0.2) is 5.75 Å². The van der Waals surface area contributed by atoms with Crippen LogP contribution in [-0.4, -0.2) is 10.9 Å². The van der Waals surface area contributed by atoms with Gasteiger partial charge in [-0.25, -0.2) is 5.26 Å². The van der Waals surface area contributed by atoms with Gasteiger partial charge in [0.2, 0.25) is 0 Å². The van der Waals surface area contributed by atoms with Crippen molar-refractivity contribution in [1.29, 1.82) is 0 Å². The monoisotopic (exact) mass is 446 g/mol. The van der Waals surface area contributed by atoms with Crippen LogP contribution >= 0.6 is 0 Å². The Morgan fingerprint density at radius 1 is 0.844 bits per heavy atom. The first-order valence-corrected chi connectivity index (χ1v) is 13.2. The van der Waals surface area contributed by atoms with Crippen molar-refractivity contribution in [2.45, 2.75) is 132 Å². The van der Waals surface area contributed by atoms with E-state index in [1.165, 1.54) is 56.9 Å². The number of rotatable bonds is 13. The van der Waals surface area contributed by atoms with Crippen molar-refractivity contribution in [3.63, 3.8) is 0 Å². The van der Waals surface area contributed by atoms with E-state index in [2.05, 4.69) is 46.4 Å². The zero-order chi connectivity index (χ0) is 23.9. The summed E-state index contributed by atoms with van der Waals surface area (Å²) in [4.78, 5) is 4.69. The first-order chi connectivity index (χ1) is 15.1. The van der Waals surface area contributed by atoms with Gasteiger partial charge in [0, 0.05) is 16.7 Å². The van der Waals surface area contributed by atoms with Crippen LogP contribution in [0.1, 0.15) is 121 Å². The standard InChI is InChI=1S/C29H50O3/c1-20(2)12-9-13-21(3)14-10-15-22(4)16-11-18-29(8)19-17-26-25(7)27(32-30)23(5)24(6)28(26)31-29/h20-22,30H,9-19H2,1-8H3. The predicted molar refractivity (Wildman–Crippen MR) is 136 cm³/mol. The molecule has 0 radical (unpaired) electrons. The van der Waals surface area contributed by atoms with Gasteiger partial charge >= 0.3 is 0 Å². The average molecular weight is 447 g/mol. The first-order valence-electron chi connectivity index (χ1n) is 13.2. The maximum absolute atomic E-state index is 9.30. The quantitative estimate of drug-likeness (QED) is 0.243. The molecule has 1 aromatic rings. The molecule has 184 valence electrons. The molecular formula is C29H50O3. The third kappa shape index (κ3) is 7.40. The Balaban J connectivity index is 1.77. The van der Waals surface area contributed by atoms with Crippen LogP contribution < -0.4 is 9.62 Å². The molecule has 3 unspecified atom stereocenters. The van der Waals surface area contributed by atoms with E-state index in [-0.39, 0.29) is 5.60 Å². The third-order valence-corrected chi connectivity index (χ3v) is 7.93. The van der Waals surface area contributed by atoms with Crippen LogP contribution in [0.5, 0.6) is 11.5 Å². The van der Waals surface area contributed by atoms with Crippen molar-refractivity contribution in [3.05, 3.63) is 22.3 Å². The number of fused-ring (bicyclic) bond motifs is 1. The molecule has 1 heterocycles. The van der Waals surface area contributed by atoms with E-state index in [1.54, 1.807) is 0 Å². The summed E-state index contributed by atoms with van der Waals surface area (Å²) in [6, 6.07) is 0. The molecule has 1 N–H and O–H groups in total. The lowest BCUT2D eigenvalue weighted by Gasteiger charge is -2.38. The fourth-order valence-electron chi connectivity index (χ4n) is 5.40. The lowest BCUT2D eigenvalue weighted by molar-refractivity contribution is -0.138. The van der Waals surface area contributed by atoms with Crippen LogP contribution in [0.3, 0.4) is 0 Å². The molecule has 0 saturated carbocycles. The van der Waals surface area contributed by atoms with E-state index in [0.717, 1.165) is 59.5 Å². The highest BCUT2D eigenvalue weighted by Crippen LogP contribution is 2.44. The lowest BCUT2D eigenvalue weighted by atomic mass is 9.84. The number of hydrogen-bond donors (Lipinski definition) is 1. The molecule has 0 bridgehead atoms. The highest BCUT2D eigenvalue weighted by molar-refractivity contribution is 5.58. The first kappa shape index (κ1) is 27.0. The van der Waals surface area contributed by atoms with Gasteiger partial charge in [0.05, 0.1) is 0 Å². The highest BCUT2D eigenvalue weighted by atomic mass is 17.1. The van der Waals surface area contributed by atoms with Gasteiger partial charge < -0.3 is 9.62 Å². The summed E-state index contributed by atoms with van der Waals surface area (Å²) in [6.45, 7) is 17.9. The number of hydrogen-bond acceptors (Lipinski definition) is 3. The molecule has 2 rings (SSSR count). The highest BCUT2D eigenvalue weighted by Gasteiger charge is 2.34. The van der Waals surface area contributed by atoms with Gasteiger partial charge in [-0.15, -0.1) is 0 Å². The Morgan fingerprint density at radius 2 is 1.41 bits per heavy atom. The van der Waals surface area contributed by atoms with Crippen LogP contribution in [0.25, 0.3) is 0 Å². The van der Waals surface area contributed by atoms with Crippen LogP contribution in [-0.2, 0) is 6.42 Å². The van der Waals surface area contributed by atoms with Gasteiger partial charge in [-0.1, -0.05) is 72.6 Å². The Labute approximate surface area is 198 Å². The number of benzene rings is 1. The van der Waals surface area contributed by atoms with Gasteiger partial charge in [-0.05, 0) is 76.7 Å². The van der Waals surface area contributed by atoms with Crippen LogP contribution in [0.2, 0.25) is 0 Å². The Bertz CT molecular complexity index is 724. The van der Waals surface area contributed by atoms with Crippen molar-refractivity contribution in [1.82, 2.24) is 0 Å². The maximum Gasteiger partial charge on any atom is 0.171 e. The van der Waals surface area contributed by atoms with Crippen LogP contribution in [0, 0.1) is 38.5 Å². The van der Waals surface area contributed by atoms with Crippen molar-refractivity contribution in [3.8, 4) is 11.5 Å². The lowest BCUT2D eigenvalue weighted by Crippen LogP contribution is -2.37. The zero-order valence-electron chi connectivity index (χ0n) is 22.3. The number of ether oxygens (including phenoxy) is 1. The van der Waals surface area contributed by atoms with Crippen LogP contribution in [0.4, 0.5) is 0 Å². The topological polar surface area (TPSA) is 38.7 Å². The molecular weight excluding hydrogens is 396 g/mol. The maximum atomic E-state index is 9.30. The summed E-state index contributed by atoms with van der Waals surface area (Å²) in [5.41, 5.74) is 4.19. The van der Waals surface area contributed by atoms with E-state index in [9.17, 15) is 5.26 Å². The van der Waals surface area contributed by atoms with E-state index < -0.39 is 0 Å². The largest absolute Gasteiger partial charge is 0.487 e. The summed E-state index contributed by atoms with van der Waals surface area (Å²) >= 11 is 0. The molecule has 0 aliphatic carbocycles. The second kappa shape index (κ2) is 12.3. The van der Waals surface area contributed by atoms with E-state index in [0.29, 0.717) is 5.75 Å². The smallest absolute Gasteiger partial charge is 0.171 e. The molecule has 1 aliphatic rings. The molecule has 3 nitrogen and oxygen atoms in total. The predicted octanol–water partition coefficient (Wildman–Crippen LogP) is 8.99. The zero-order valence-corrected chi connectivity index (χ0v) is 22.3. The second-order valence-electron chi connectivity index (χ2n) is 11.5. The Kier molecular flexibility index (Phi) is 10.4. The van der Waals surface area contributed by atoms with Gasteiger partial charge in [0.25, 0.3) is 0 Å².